The Hall–Kier alpha value is -2.21. The SMILES string of the molecule is Cc1ccc(C)c(N2N=C(C(=O)NCCCN3CCCCC3)CCC2=O)c1. The lowest BCUT2D eigenvalue weighted by Crippen LogP contribution is -2.40. The summed E-state index contributed by atoms with van der Waals surface area (Å²) in [5.74, 6) is -0.221. The van der Waals surface area contributed by atoms with Gasteiger partial charge in [-0.05, 0) is 69.9 Å². The molecule has 1 fully saturated rings. The van der Waals surface area contributed by atoms with Crippen molar-refractivity contribution in [3.8, 4) is 0 Å². The van der Waals surface area contributed by atoms with Crippen molar-refractivity contribution in [2.45, 2.75) is 52.4 Å². The maximum absolute atomic E-state index is 12.5. The second-order valence-electron chi connectivity index (χ2n) is 7.55. The highest BCUT2D eigenvalue weighted by Gasteiger charge is 2.26. The molecule has 0 spiro atoms. The number of likely N-dealkylation sites (tertiary alicyclic amines) is 1. The summed E-state index contributed by atoms with van der Waals surface area (Å²) in [7, 11) is 0. The minimum atomic E-state index is -0.156. The van der Waals surface area contributed by atoms with Gasteiger partial charge in [0.25, 0.3) is 5.91 Å². The van der Waals surface area contributed by atoms with Crippen molar-refractivity contribution in [1.82, 2.24) is 10.2 Å². The molecule has 27 heavy (non-hydrogen) atoms. The number of hydrazone groups is 1. The van der Waals surface area contributed by atoms with Gasteiger partial charge in [0.1, 0.15) is 5.71 Å². The molecule has 0 saturated carbocycles. The summed E-state index contributed by atoms with van der Waals surface area (Å²) in [5, 5.41) is 8.75. The van der Waals surface area contributed by atoms with Gasteiger partial charge in [0, 0.05) is 19.4 Å². The van der Waals surface area contributed by atoms with Crippen molar-refractivity contribution >= 4 is 23.2 Å². The minimum Gasteiger partial charge on any atom is -0.351 e. The van der Waals surface area contributed by atoms with Crippen molar-refractivity contribution in [3.63, 3.8) is 0 Å². The van der Waals surface area contributed by atoms with Gasteiger partial charge in [-0.2, -0.15) is 5.10 Å². The fraction of sp³-hybridized carbons (Fsp3) is 0.571. The zero-order valence-corrected chi connectivity index (χ0v) is 16.5. The molecule has 1 aromatic carbocycles. The molecule has 0 atom stereocenters. The second kappa shape index (κ2) is 9.13. The molecule has 0 aromatic heterocycles. The average Bonchev–Trinajstić information content (AvgIpc) is 2.68. The molecule has 0 bridgehead atoms. The van der Waals surface area contributed by atoms with Gasteiger partial charge in [-0.1, -0.05) is 18.6 Å². The third kappa shape index (κ3) is 5.16. The number of aryl methyl sites for hydroxylation is 2. The van der Waals surface area contributed by atoms with E-state index in [2.05, 4.69) is 15.3 Å². The van der Waals surface area contributed by atoms with Crippen molar-refractivity contribution < 1.29 is 9.59 Å². The van der Waals surface area contributed by atoms with Gasteiger partial charge < -0.3 is 10.2 Å². The number of anilines is 1. The first-order valence-corrected chi connectivity index (χ1v) is 10.0. The molecule has 6 nitrogen and oxygen atoms in total. The Morgan fingerprint density at radius 2 is 1.93 bits per heavy atom. The molecule has 2 heterocycles. The molecule has 2 aliphatic heterocycles. The lowest BCUT2D eigenvalue weighted by molar-refractivity contribution is -0.119. The molecule has 146 valence electrons. The number of amides is 2. The van der Waals surface area contributed by atoms with Gasteiger partial charge in [-0.15, -0.1) is 0 Å². The zero-order valence-electron chi connectivity index (χ0n) is 16.5. The quantitative estimate of drug-likeness (QED) is 0.783. The molecule has 6 heteroatoms. The first-order valence-electron chi connectivity index (χ1n) is 10.0. The minimum absolute atomic E-state index is 0.0645. The molecule has 2 aliphatic rings. The number of hydrogen-bond acceptors (Lipinski definition) is 4. The van der Waals surface area contributed by atoms with E-state index in [0.717, 1.165) is 29.8 Å². The Morgan fingerprint density at radius 3 is 2.70 bits per heavy atom. The van der Waals surface area contributed by atoms with Crippen molar-refractivity contribution in [3.05, 3.63) is 29.3 Å². The monoisotopic (exact) mass is 370 g/mol. The van der Waals surface area contributed by atoms with Crippen LogP contribution in [-0.2, 0) is 9.59 Å². The van der Waals surface area contributed by atoms with Crippen LogP contribution < -0.4 is 10.3 Å². The molecule has 1 N–H and O–H groups in total. The summed E-state index contributed by atoms with van der Waals surface area (Å²) in [6, 6.07) is 5.92. The zero-order chi connectivity index (χ0) is 19.2. The first-order chi connectivity index (χ1) is 13.0. The number of carbonyl (C=O) groups is 2. The van der Waals surface area contributed by atoms with E-state index in [1.54, 1.807) is 0 Å². The van der Waals surface area contributed by atoms with Crippen LogP contribution in [0.5, 0.6) is 0 Å². The number of carbonyl (C=O) groups excluding carboxylic acids is 2. The van der Waals surface area contributed by atoms with E-state index < -0.39 is 0 Å². The van der Waals surface area contributed by atoms with Gasteiger partial charge in [0.2, 0.25) is 5.91 Å². The molecule has 0 radical (unpaired) electrons. The predicted molar refractivity (Wildman–Crippen MR) is 108 cm³/mol. The Labute approximate surface area is 161 Å². The van der Waals surface area contributed by atoms with E-state index in [1.807, 2.05) is 32.0 Å². The van der Waals surface area contributed by atoms with Crippen molar-refractivity contribution in [2.24, 2.45) is 5.10 Å². The summed E-state index contributed by atoms with van der Waals surface area (Å²) >= 11 is 0. The first kappa shape index (κ1) is 19.5. The number of nitrogens with one attached hydrogen (secondary N) is 1. The van der Waals surface area contributed by atoms with Gasteiger partial charge in [-0.25, -0.2) is 5.01 Å². The number of nitrogens with zero attached hydrogens (tertiary/aromatic N) is 3. The number of hydrogen-bond donors (Lipinski definition) is 1. The van der Waals surface area contributed by atoms with Crippen LogP contribution >= 0.6 is 0 Å². The second-order valence-corrected chi connectivity index (χ2v) is 7.55. The van der Waals surface area contributed by atoms with Crippen LogP contribution in [-0.4, -0.2) is 48.6 Å². The molecular weight excluding hydrogens is 340 g/mol. The largest absolute Gasteiger partial charge is 0.351 e. The van der Waals surface area contributed by atoms with E-state index in [4.69, 9.17) is 0 Å². The smallest absolute Gasteiger partial charge is 0.267 e. The average molecular weight is 370 g/mol. The summed E-state index contributed by atoms with van der Waals surface area (Å²) in [5.41, 5.74) is 3.23. The maximum Gasteiger partial charge on any atom is 0.267 e. The standard InChI is InChI=1S/C21H30N4O2/c1-16-7-8-17(2)19(15-16)25-20(26)10-9-18(23-25)21(27)22-11-6-14-24-12-4-3-5-13-24/h7-8,15H,3-6,9-14H2,1-2H3,(H,22,27). The van der Waals surface area contributed by atoms with Gasteiger partial charge in [0.05, 0.1) is 5.69 Å². The summed E-state index contributed by atoms with van der Waals surface area (Å²) in [6.07, 6.45) is 5.56. The van der Waals surface area contributed by atoms with E-state index in [0.29, 0.717) is 25.1 Å². The fourth-order valence-corrected chi connectivity index (χ4v) is 3.64. The lowest BCUT2D eigenvalue weighted by Gasteiger charge is -2.26. The summed E-state index contributed by atoms with van der Waals surface area (Å²) < 4.78 is 0. The Kier molecular flexibility index (Phi) is 6.61. The highest BCUT2D eigenvalue weighted by atomic mass is 16.2. The predicted octanol–water partition coefficient (Wildman–Crippen LogP) is 2.78. The Morgan fingerprint density at radius 1 is 1.15 bits per heavy atom. The normalized spacial score (nSPS) is 18.4. The summed E-state index contributed by atoms with van der Waals surface area (Å²) in [4.78, 5) is 27.3. The molecular formula is C21H30N4O2. The van der Waals surface area contributed by atoms with Crippen LogP contribution in [0.3, 0.4) is 0 Å². The molecule has 0 aliphatic carbocycles. The third-order valence-corrected chi connectivity index (χ3v) is 5.27. The van der Waals surface area contributed by atoms with E-state index in [9.17, 15) is 9.59 Å². The number of benzene rings is 1. The van der Waals surface area contributed by atoms with Gasteiger partial charge >= 0.3 is 0 Å². The van der Waals surface area contributed by atoms with E-state index in [1.165, 1.54) is 37.4 Å². The maximum atomic E-state index is 12.5. The summed E-state index contributed by atoms with van der Waals surface area (Å²) in [6.45, 7) is 7.95. The Balaban J connectivity index is 1.57. The van der Waals surface area contributed by atoms with Crippen LogP contribution in [0.4, 0.5) is 5.69 Å². The highest BCUT2D eigenvalue weighted by Crippen LogP contribution is 2.25. The van der Waals surface area contributed by atoms with Crippen LogP contribution in [0.15, 0.2) is 23.3 Å². The third-order valence-electron chi connectivity index (χ3n) is 5.27. The number of rotatable bonds is 6. The molecule has 1 aromatic rings. The topological polar surface area (TPSA) is 65.0 Å². The highest BCUT2D eigenvalue weighted by molar-refractivity contribution is 6.40. The van der Waals surface area contributed by atoms with Crippen LogP contribution in [0, 0.1) is 13.8 Å². The van der Waals surface area contributed by atoms with Gasteiger partial charge in [0.15, 0.2) is 0 Å². The molecule has 0 unspecified atom stereocenters. The lowest BCUT2D eigenvalue weighted by atomic mass is 10.1. The van der Waals surface area contributed by atoms with Crippen LogP contribution in [0.1, 0.15) is 49.7 Å². The fourth-order valence-electron chi connectivity index (χ4n) is 3.64. The van der Waals surface area contributed by atoms with Crippen LogP contribution in [0.2, 0.25) is 0 Å². The van der Waals surface area contributed by atoms with Crippen molar-refractivity contribution in [2.75, 3.05) is 31.2 Å². The van der Waals surface area contributed by atoms with Crippen molar-refractivity contribution in [1.29, 1.82) is 0 Å². The molecule has 2 amide bonds. The van der Waals surface area contributed by atoms with E-state index in [-0.39, 0.29) is 11.8 Å². The van der Waals surface area contributed by atoms with Crippen LogP contribution in [0.25, 0.3) is 0 Å². The number of piperidine rings is 1. The molecule has 3 rings (SSSR count). The van der Waals surface area contributed by atoms with Gasteiger partial charge in [-0.3, -0.25) is 9.59 Å². The van der Waals surface area contributed by atoms with E-state index >= 15 is 0 Å². The molecule has 1 saturated heterocycles. The Bertz CT molecular complexity index is 723.